The van der Waals surface area contributed by atoms with E-state index in [1.54, 1.807) is 0 Å². The van der Waals surface area contributed by atoms with E-state index in [2.05, 4.69) is 4.74 Å². The Hall–Kier alpha value is -1.50. The van der Waals surface area contributed by atoms with Crippen LogP contribution >= 0.6 is 7.60 Å². The predicted octanol–water partition coefficient (Wildman–Crippen LogP) is 1.42. The van der Waals surface area contributed by atoms with Gasteiger partial charge in [0.15, 0.2) is 5.82 Å². The van der Waals surface area contributed by atoms with Crippen molar-refractivity contribution >= 4 is 13.3 Å². The third-order valence-electron chi connectivity index (χ3n) is 1.87. The first-order valence-corrected chi connectivity index (χ1v) is 6.09. The van der Waals surface area contributed by atoms with Gasteiger partial charge in [0, 0.05) is 6.07 Å². The molecular weight excluding hydrogens is 256 g/mol. The van der Waals surface area contributed by atoms with Crippen LogP contribution < -0.4 is 4.74 Å². The molecule has 0 aliphatic rings. The van der Waals surface area contributed by atoms with Gasteiger partial charge in [0.25, 0.3) is 0 Å². The summed E-state index contributed by atoms with van der Waals surface area (Å²) in [5, 5.41) is 10.6. The number of ether oxygens (including phenoxy) is 1. The second kappa shape index (κ2) is 4.79. The SMILES string of the molecule is COc1c(F)cc(CP(=O)(O)O)cc1[N+](=O)[O-]. The first-order chi connectivity index (χ1) is 7.74. The number of halogens is 1. The highest BCUT2D eigenvalue weighted by Gasteiger charge is 2.23. The lowest BCUT2D eigenvalue weighted by Crippen LogP contribution is -1.99. The average molecular weight is 265 g/mol. The summed E-state index contributed by atoms with van der Waals surface area (Å²) in [7, 11) is -3.35. The minimum absolute atomic E-state index is 0.164. The van der Waals surface area contributed by atoms with Crippen molar-refractivity contribution in [1.82, 2.24) is 0 Å². The van der Waals surface area contributed by atoms with Crippen LogP contribution in [0.15, 0.2) is 12.1 Å². The van der Waals surface area contributed by atoms with Crippen molar-refractivity contribution in [3.8, 4) is 5.75 Å². The van der Waals surface area contributed by atoms with Gasteiger partial charge in [0.05, 0.1) is 18.2 Å². The van der Waals surface area contributed by atoms with E-state index in [0.29, 0.717) is 0 Å². The molecule has 2 N–H and O–H groups in total. The largest absolute Gasteiger partial charge is 0.488 e. The van der Waals surface area contributed by atoms with Gasteiger partial charge in [0.1, 0.15) is 0 Å². The van der Waals surface area contributed by atoms with E-state index in [9.17, 15) is 19.1 Å². The molecule has 94 valence electrons. The Morgan fingerprint density at radius 3 is 2.53 bits per heavy atom. The second-order valence-corrected chi connectivity index (χ2v) is 4.86. The number of nitro benzene ring substituents is 1. The molecule has 0 fully saturated rings. The quantitative estimate of drug-likeness (QED) is 0.484. The molecule has 0 unspecified atom stereocenters. The molecule has 0 saturated carbocycles. The fraction of sp³-hybridized carbons (Fsp3) is 0.250. The lowest BCUT2D eigenvalue weighted by molar-refractivity contribution is -0.386. The smallest absolute Gasteiger partial charge is 0.329 e. The van der Waals surface area contributed by atoms with Gasteiger partial charge >= 0.3 is 13.3 Å². The highest BCUT2D eigenvalue weighted by atomic mass is 31.2. The number of hydrogen-bond donors (Lipinski definition) is 2. The number of benzene rings is 1. The van der Waals surface area contributed by atoms with E-state index in [-0.39, 0.29) is 5.56 Å². The molecule has 0 bridgehead atoms. The van der Waals surface area contributed by atoms with Crippen molar-refractivity contribution in [1.29, 1.82) is 0 Å². The summed E-state index contributed by atoms with van der Waals surface area (Å²) in [5.74, 6) is -1.60. The van der Waals surface area contributed by atoms with Crippen LogP contribution in [0.25, 0.3) is 0 Å². The molecule has 0 aromatic heterocycles. The topological polar surface area (TPSA) is 110 Å². The highest BCUT2D eigenvalue weighted by molar-refractivity contribution is 7.50. The molecule has 0 amide bonds. The standard InChI is InChI=1S/C8H9FNO6P/c1-16-8-6(9)2-5(4-17(13,14)15)3-7(8)10(11)12/h2-3H,4H2,1H3,(H2,13,14,15). The summed E-state index contributed by atoms with van der Waals surface area (Å²) in [6.45, 7) is 0. The molecule has 9 heteroatoms. The maximum Gasteiger partial charge on any atom is 0.329 e. The molecule has 0 heterocycles. The van der Waals surface area contributed by atoms with E-state index in [0.717, 1.165) is 19.2 Å². The van der Waals surface area contributed by atoms with Crippen LogP contribution in [0.4, 0.5) is 10.1 Å². The summed E-state index contributed by atoms with van der Waals surface area (Å²) < 4.78 is 28.6. The lowest BCUT2D eigenvalue weighted by atomic mass is 10.2. The Balaban J connectivity index is 3.29. The minimum atomic E-state index is -4.41. The second-order valence-electron chi connectivity index (χ2n) is 3.21. The highest BCUT2D eigenvalue weighted by Crippen LogP contribution is 2.41. The lowest BCUT2D eigenvalue weighted by Gasteiger charge is -2.07. The van der Waals surface area contributed by atoms with Gasteiger partial charge in [-0.3, -0.25) is 14.7 Å². The first kappa shape index (κ1) is 13.6. The Kier molecular flexibility index (Phi) is 3.82. The molecule has 7 nitrogen and oxygen atoms in total. The van der Waals surface area contributed by atoms with Gasteiger partial charge in [-0.1, -0.05) is 0 Å². The van der Waals surface area contributed by atoms with Gasteiger partial charge in [-0.25, -0.2) is 4.39 Å². The normalized spacial score (nSPS) is 11.3. The number of nitro groups is 1. The van der Waals surface area contributed by atoms with Gasteiger partial charge in [-0.2, -0.15) is 0 Å². The summed E-state index contributed by atoms with van der Waals surface area (Å²) >= 11 is 0. The number of nitrogens with zero attached hydrogens (tertiary/aromatic N) is 1. The molecule has 0 spiro atoms. The van der Waals surface area contributed by atoms with Gasteiger partial charge in [0.2, 0.25) is 5.75 Å². The van der Waals surface area contributed by atoms with Crippen LogP contribution in [0.3, 0.4) is 0 Å². The Morgan fingerprint density at radius 1 is 1.53 bits per heavy atom. The van der Waals surface area contributed by atoms with Crippen LogP contribution in [-0.2, 0) is 10.7 Å². The average Bonchev–Trinajstić information content (AvgIpc) is 2.13. The van der Waals surface area contributed by atoms with Crippen LogP contribution in [0.5, 0.6) is 5.75 Å². The Labute approximate surface area is 95.1 Å². The third-order valence-corrected chi connectivity index (χ3v) is 2.65. The van der Waals surface area contributed by atoms with Crippen LogP contribution in [0.1, 0.15) is 5.56 Å². The zero-order valence-electron chi connectivity index (χ0n) is 8.66. The summed E-state index contributed by atoms with van der Waals surface area (Å²) in [4.78, 5) is 27.1. The Morgan fingerprint density at radius 2 is 2.12 bits per heavy atom. The first-order valence-electron chi connectivity index (χ1n) is 4.30. The summed E-state index contributed by atoms with van der Waals surface area (Å²) in [6.07, 6.45) is -0.769. The van der Waals surface area contributed by atoms with E-state index in [4.69, 9.17) is 9.79 Å². The van der Waals surface area contributed by atoms with Gasteiger partial charge in [-0.05, 0) is 11.6 Å². The molecule has 1 rings (SSSR count). The molecule has 1 aromatic rings. The molecule has 0 saturated heterocycles. The van der Waals surface area contributed by atoms with Gasteiger partial charge in [-0.15, -0.1) is 0 Å². The maximum atomic E-state index is 13.4. The zero-order valence-corrected chi connectivity index (χ0v) is 9.56. The number of rotatable bonds is 4. The van der Waals surface area contributed by atoms with Crippen LogP contribution in [0, 0.1) is 15.9 Å². The number of hydrogen-bond acceptors (Lipinski definition) is 4. The van der Waals surface area contributed by atoms with E-state index in [1.807, 2.05) is 0 Å². The van der Waals surface area contributed by atoms with Crippen molar-refractivity contribution in [3.63, 3.8) is 0 Å². The third kappa shape index (κ3) is 3.48. The zero-order chi connectivity index (χ0) is 13.2. The monoisotopic (exact) mass is 265 g/mol. The molecule has 0 aliphatic heterocycles. The van der Waals surface area contributed by atoms with Crippen molar-refractivity contribution in [2.75, 3.05) is 7.11 Å². The van der Waals surface area contributed by atoms with E-state index in [1.165, 1.54) is 0 Å². The maximum absolute atomic E-state index is 13.4. The predicted molar refractivity (Wildman–Crippen MR) is 55.4 cm³/mol. The summed E-state index contributed by atoms with van der Waals surface area (Å²) in [5.41, 5.74) is -0.834. The van der Waals surface area contributed by atoms with Crippen molar-refractivity contribution in [2.45, 2.75) is 6.16 Å². The molecule has 1 aromatic carbocycles. The summed E-state index contributed by atoms with van der Waals surface area (Å²) in [6, 6.07) is 1.67. The number of methoxy groups -OCH3 is 1. The van der Waals surface area contributed by atoms with Crippen molar-refractivity contribution in [3.05, 3.63) is 33.6 Å². The molecule has 0 atom stereocenters. The van der Waals surface area contributed by atoms with Crippen molar-refractivity contribution in [2.24, 2.45) is 0 Å². The molecular formula is C8H9FNO6P. The molecule has 0 radical (unpaired) electrons. The molecule has 0 aliphatic carbocycles. The molecule has 17 heavy (non-hydrogen) atoms. The van der Waals surface area contributed by atoms with E-state index >= 15 is 0 Å². The van der Waals surface area contributed by atoms with E-state index < -0.39 is 35.9 Å². The fourth-order valence-electron chi connectivity index (χ4n) is 1.30. The van der Waals surface area contributed by atoms with Gasteiger partial charge < -0.3 is 14.5 Å². The fourth-order valence-corrected chi connectivity index (χ4v) is 1.96. The van der Waals surface area contributed by atoms with Crippen molar-refractivity contribution < 1.29 is 28.4 Å². The van der Waals surface area contributed by atoms with Crippen LogP contribution in [0.2, 0.25) is 0 Å². The minimum Gasteiger partial charge on any atom is -0.488 e. The van der Waals surface area contributed by atoms with Crippen LogP contribution in [-0.4, -0.2) is 21.8 Å². The Bertz CT molecular complexity index is 499.